The molecule has 0 spiro atoms. The van der Waals surface area contributed by atoms with Gasteiger partial charge in [0.1, 0.15) is 0 Å². The van der Waals surface area contributed by atoms with Gasteiger partial charge in [0.05, 0.1) is 12.5 Å². The van der Waals surface area contributed by atoms with E-state index < -0.39 is 5.97 Å². The molecule has 3 rings (SSSR count). The Morgan fingerprint density at radius 1 is 1.10 bits per heavy atom. The number of rotatable bonds is 5. The van der Waals surface area contributed by atoms with E-state index in [1.807, 2.05) is 4.90 Å². The Labute approximate surface area is 119 Å². The maximum atomic E-state index is 12.7. The van der Waals surface area contributed by atoms with E-state index in [1.54, 1.807) is 0 Å². The van der Waals surface area contributed by atoms with Crippen LogP contribution in [0.3, 0.4) is 0 Å². The van der Waals surface area contributed by atoms with Gasteiger partial charge in [0.15, 0.2) is 0 Å². The number of amides is 1. The highest BCUT2D eigenvalue weighted by molar-refractivity contribution is 5.81. The van der Waals surface area contributed by atoms with Crippen molar-refractivity contribution in [3.05, 3.63) is 0 Å². The van der Waals surface area contributed by atoms with Gasteiger partial charge < -0.3 is 14.7 Å². The number of hydrogen-bond donors (Lipinski definition) is 1. The molecule has 1 aliphatic heterocycles. The lowest BCUT2D eigenvalue weighted by Gasteiger charge is -2.28. The summed E-state index contributed by atoms with van der Waals surface area (Å²) in [5.74, 6) is -0.472. The van der Waals surface area contributed by atoms with Gasteiger partial charge in [-0.1, -0.05) is 0 Å². The summed E-state index contributed by atoms with van der Waals surface area (Å²) in [5, 5.41) is 9.06. The van der Waals surface area contributed by atoms with E-state index in [2.05, 4.69) is 0 Å². The van der Waals surface area contributed by atoms with Gasteiger partial charge in [0.2, 0.25) is 5.91 Å². The maximum absolute atomic E-state index is 12.7. The van der Waals surface area contributed by atoms with Crippen LogP contribution < -0.4 is 0 Å². The maximum Gasteiger partial charge on any atom is 0.306 e. The van der Waals surface area contributed by atoms with E-state index in [-0.39, 0.29) is 17.7 Å². The van der Waals surface area contributed by atoms with Crippen molar-refractivity contribution < 1.29 is 19.4 Å². The van der Waals surface area contributed by atoms with E-state index in [9.17, 15) is 9.59 Å². The molecule has 0 bridgehead atoms. The number of carboxylic acids is 1. The fourth-order valence-electron chi connectivity index (χ4n) is 3.48. The molecule has 0 radical (unpaired) electrons. The Morgan fingerprint density at radius 2 is 1.85 bits per heavy atom. The van der Waals surface area contributed by atoms with Crippen LogP contribution in [0.1, 0.15) is 38.5 Å². The third-order valence-corrected chi connectivity index (χ3v) is 4.88. The van der Waals surface area contributed by atoms with Gasteiger partial charge in [-0.3, -0.25) is 9.59 Å². The Balaban J connectivity index is 1.59. The van der Waals surface area contributed by atoms with E-state index in [1.165, 1.54) is 0 Å². The number of hydrogen-bond acceptors (Lipinski definition) is 3. The van der Waals surface area contributed by atoms with Crippen molar-refractivity contribution in [1.82, 2.24) is 4.90 Å². The number of aliphatic carboxylic acids is 1. The topological polar surface area (TPSA) is 66.8 Å². The van der Waals surface area contributed by atoms with Crippen LogP contribution in [-0.4, -0.2) is 47.7 Å². The number of carbonyl (C=O) groups excluding carboxylic acids is 1. The summed E-state index contributed by atoms with van der Waals surface area (Å²) in [6, 6.07) is 0.409. The van der Waals surface area contributed by atoms with E-state index in [0.29, 0.717) is 24.8 Å². The van der Waals surface area contributed by atoms with Crippen LogP contribution >= 0.6 is 0 Å². The summed E-state index contributed by atoms with van der Waals surface area (Å²) in [4.78, 5) is 25.7. The molecule has 3 unspecified atom stereocenters. The average molecular weight is 281 g/mol. The second-order valence-electron chi connectivity index (χ2n) is 6.50. The first-order chi connectivity index (χ1) is 9.65. The minimum atomic E-state index is -0.748. The molecule has 5 nitrogen and oxygen atoms in total. The highest BCUT2D eigenvalue weighted by Crippen LogP contribution is 2.36. The van der Waals surface area contributed by atoms with Crippen molar-refractivity contribution in [1.29, 1.82) is 0 Å². The zero-order valence-corrected chi connectivity index (χ0v) is 11.8. The molecule has 1 saturated heterocycles. The van der Waals surface area contributed by atoms with Gasteiger partial charge in [-0.2, -0.15) is 0 Å². The zero-order valence-electron chi connectivity index (χ0n) is 11.8. The van der Waals surface area contributed by atoms with Crippen molar-refractivity contribution in [2.24, 2.45) is 17.8 Å². The number of ether oxygens (including phenoxy) is 1. The van der Waals surface area contributed by atoms with Crippen molar-refractivity contribution in [3.8, 4) is 0 Å². The summed E-state index contributed by atoms with van der Waals surface area (Å²) in [6.45, 7) is 2.37. The van der Waals surface area contributed by atoms with Crippen LogP contribution in [0.2, 0.25) is 0 Å². The van der Waals surface area contributed by atoms with Crippen LogP contribution in [0.15, 0.2) is 0 Å². The minimum absolute atomic E-state index is 0.0704. The second-order valence-corrected chi connectivity index (χ2v) is 6.50. The molecular weight excluding hydrogens is 258 g/mol. The van der Waals surface area contributed by atoms with E-state index >= 15 is 0 Å². The van der Waals surface area contributed by atoms with E-state index in [4.69, 9.17) is 9.84 Å². The fourth-order valence-corrected chi connectivity index (χ4v) is 3.48. The van der Waals surface area contributed by atoms with Crippen LogP contribution in [0.5, 0.6) is 0 Å². The number of carboxylic acid groups (broad SMARTS) is 1. The van der Waals surface area contributed by atoms with Gasteiger partial charge >= 0.3 is 5.97 Å². The lowest BCUT2D eigenvalue weighted by molar-refractivity contribution is -0.141. The molecule has 3 fully saturated rings. The van der Waals surface area contributed by atoms with Crippen molar-refractivity contribution in [2.75, 3.05) is 19.8 Å². The van der Waals surface area contributed by atoms with Crippen LogP contribution in [0.25, 0.3) is 0 Å². The third kappa shape index (κ3) is 2.97. The Bertz CT molecular complexity index is 387. The molecule has 1 heterocycles. The summed E-state index contributed by atoms with van der Waals surface area (Å²) in [7, 11) is 0. The quantitative estimate of drug-likeness (QED) is 0.829. The molecule has 0 aromatic heterocycles. The van der Waals surface area contributed by atoms with Gasteiger partial charge in [0, 0.05) is 31.0 Å². The molecule has 3 aliphatic rings. The zero-order chi connectivity index (χ0) is 14.1. The molecule has 0 aromatic carbocycles. The molecule has 1 amide bonds. The largest absolute Gasteiger partial charge is 0.481 e. The van der Waals surface area contributed by atoms with Crippen LogP contribution in [-0.2, 0) is 14.3 Å². The molecule has 20 heavy (non-hydrogen) atoms. The summed E-state index contributed by atoms with van der Waals surface area (Å²) in [5.41, 5.74) is 0. The monoisotopic (exact) mass is 281 g/mol. The number of carbonyl (C=O) groups is 2. The minimum Gasteiger partial charge on any atom is -0.481 e. The second kappa shape index (κ2) is 5.72. The van der Waals surface area contributed by atoms with Crippen molar-refractivity contribution >= 4 is 11.9 Å². The first kappa shape index (κ1) is 13.9. The van der Waals surface area contributed by atoms with Gasteiger partial charge in [-0.05, 0) is 38.5 Å². The molecule has 1 N–H and O–H groups in total. The van der Waals surface area contributed by atoms with Gasteiger partial charge in [-0.25, -0.2) is 0 Å². The molecule has 2 aliphatic carbocycles. The van der Waals surface area contributed by atoms with Gasteiger partial charge in [0.25, 0.3) is 0 Å². The molecule has 3 atom stereocenters. The molecule has 2 saturated carbocycles. The van der Waals surface area contributed by atoms with E-state index in [0.717, 1.165) is 45.4 Å². The molecule has 112 valence electrons. The van der Waals surface area contributed by atoms with Crippen LogP contribution in [0.4, 0.5) is 0 Å². The Hall–Kier alpha value is -1.10. The SMILES string of the molecule is O=C(O)C1CCC(C(=O)N(CC2CCOC2)C2CC2)C1. The average Bonchev–Trinajstić information content (AvgIpc) is 2.95. The normalized spacial score (nSPS) is 33.3. The predicted molar refractivity (Wildman–Crippen MR) is 72.1 cm³/mol. The summed E-state index contributed by atoms with van der Waals surface area (Å²) in [6.07, 6.45) is 5.16. The highest BCUT2D eigenvalue weighted by Gasteiger charge is 2.41. The molecular formula is C15H23NO4. The standard InChI is InChI=1S/C15H23NO4/c17-14(11-1-2-12(7-11)15(18)19)16(13-3-4-13)8-10-5-6-20-9-10/h10-13H,1-9H2,(H,18,19). The van der Waals surface area contributed by atoms with Crippen molar-refractivity contribution in [2.45, 2.75) is 44.6 Å². The lowest BCUT2D eigenvalue weighted by Crippen LogP contribution is -2.40. The number of nitrogens with zero attached hydrogens (tertiary/aromatic N) is 1. The van der Waals surface area contributed by atoms with Gasteiger partial charge in [-0.15, -0.1) is 0 Å². The predicted octanol–water partition coefficient (Wildman–Crippen LogP) is 1.51. The molecule has 0 aromatic rings. The van der Waals surface area contributed by atoms with Crippen molar-refractivity contribution in [3.63, 3.8) is 0 Å². The van der Waals surface area contributed by atoms with Crippen LogP contribution in [0, 0.1) is 17.8 Å². The Kier molecular flexibility index (Phi) is 3.96. The molecule has 5 heteroatoms. The third-order valence-electron chi connectivity index (χ3n) is 4.88. The summed E-state index contributed by atoms with van der Waals surface area (Å²) < 4.78 is 5.40. The Morgan fingerprint density at radius 3 is 2.40 bits per heavy atom. The lowest BCUT2D eigenvalue weighted by atomic mass is 10.0. The fraction of sp³-hybridized carbons (Fsp3) is 0.867. The first-order valence-corrected chi connectivity index (χ1v) is 7.76. The smallest absolute Gasteiger partial charge is 0.306 e. The first-order valence-electron chi connectivity index (χ1n) is 7.76. The summed E-state index contributed by atoms with van der Waals surface area (Å²) >= 11 is 0. The highest BCUT2D eigenvalue weighted by atomic mass is 16.5.